The van der Waals surface area contributed by atoms with E-state index in [2.05, 4.69) is 20.9 Å². The van der Waals surface area contributed by atoms with Crippen LogP contribution >= 0.6 is 0 Å². The second kappa shape index (κ2) is 10.1. The van der Waals surface area contributed by atoms with Crippen LogP contribution in [-0.4, -0.2) is 29.9 Å². The molecule has 32 heavy (non-hydrogen) atoms. The quantitative estimate of drug-likeness (QED) is 0.491. The van der Waals surface area contributed by atoms with Crippen molar-refractivity contribution in [3.05, 3.63) is 90.0 Å². The number of para-hydroxylation sites is 1. The first-order chi connectivity index (χ1) is 15.6. The Morgan fingerprint density at radius 3 is 2.09 bits per heavy atom. The van der Waals surface area contributed by atoms with Crippen molar-refractivity contribution in [1.29, 1.82) is 0 Å². The van der Waals surface area contributed by atoms with Gasteiger partial charge < -0.3 is 16.0 Å². The number of likely N-dealkylation sites (tertiary alicyclic amines) is 1. The van der Waals surface area contributed by atoms with Crippen LogP contribution < -0.4 is 16.0 Å². The summed E-state index contributed by atoms with van der Waals surface area (Å²) in [6.45, 7) is 3.76. The third-order valence-corrected chi connectivity index (χ3v) is 5.65. The molecule has 164 valence electrons. The zero-order valence-corrected chi connectivity index (χ0v) is 18.2. The van der Waals surface area contributed by atoms with Crippen LogP contribution in [0.3, 0.4) is 0 Å². The van der Waals surface area contributed by atoms with Gasteiger partial charge in [-0.3, -0.25) is 9.69 Å². The first-order valence-electron chi connectivity index (χ1n) is 10.9. The van der Waals surface area contributed by atoms with E-state index in [0.717, 1.165) is 37.1 Å². The van der Waals surface area contributed by atoms with Crippen molar-refractivity contribution in [2.75, 3.05) is 29.0 Å². The number of rotatable bonds is 6. The summed E-state index contributed by atoms with van der Waals surface area (Å²) in [5.74, 6) is -0.0629. The van der Waals surface area contributed by atoms with Gasteiger partial charge in [0.2, 0.25) is 5.91 Å². The normalized spacial score (nSPS) is 14.5. The van der Waals surface area contributed by atoms with E-state index in [9.17, 15) is 9.59 Å². The van der Waals surface area contributed by atoms with Gasteiger partial charge in [-0.15, -0.1) is 0 Å². The lowest BCUT2D eigenvalue weighted by Gasteiger charge is -2.27. The van der Waals surface area contributed by atoms with E-state index in [4.69, 9.17) is 0 Å². The van der Waals surface area contributed by atoms with Gasteiger partial charge in [0, 0.05) is 17.1 Å². The first-order valence-corrected chi connectivity index (χ1v) is 10.9. The number of benzene rings is 3. The molecule has 0 spiro atoms. The van der Waals surface area contributed by atoms with E-state index < -0.39 is 0 Å². The van der Waals surface area contributed by atoms with Gasteiger partial charge in [0.1, 0.15) is 6.04 Å². The molecule has 1 aliphatic rings. The van der Waals surface area contributed by atoms with E-state index in [0.29, 0.717) is 17.1 Å². The molecule has 0 radical (unpaired) electrons. The number of nitrogens with one attached hydrogen (secondary N) is 3. The lowest BCUT2D eigenvalue weighted by molar-refractivity contribution is -0.121. The molecular weight excluding hydrogens is 400 g/mol. The van der Waals surface area contributed by atoms with E-state index in [1.807, 2.05) is 79.7 Å². The summed E-state index contributed by atoms with van der Waals surface area (Å²) in [5, 5.41) is 8.73. The molecule has 3 N–H and O–H groups in total. The van der Waals surface area contributed by atoms with Crippen LogP contribution in [0.2, 0.25) is 0 Å². The summed E-state index contributed by atoms with van der Waals surface area (Å²) in [4.78, 5) is 28.0. The van der Waals surface area contributed by atoms with E-state index >= 15 is 0 Å². The predicted octanol–water partition coefficient (Wildman–Crippen LogP) is 5.41. The lowest BCUT2D eigenvalue weighted by Crippen LogP contribution is -2.35. The molecule has 1 aliphatic heterocycles. The van der Waals surface area contributed by atoms with E-state index in [1.165, 1.54) is 0 Å². The fourth-order valence-electron chi connectivity index (χ4n) is 4.01. The molecule has 1 unspecified atom stereocenters. The van der Waals surface area contributed by atoms with Crippen LogP contribution in [0.1, 0.15) is 30.0 Å². The van der Waals surface area contributed by atoms with Gasteiger partial charge in [-0.2, -0.15) is 0 Å². The molecule has 0 aliphatic carbocycles. The van der Waals surface area contributed by atoms with Crippen molar-refractivity contribution in [3.8, 4) is 0 Å². The number of nitrogens with zero attached hydrogens (tertiary/aromatic N) is 1. The summed E-state index contributed by atoms with van der Waals surface area (Å²) in [6, 6.07) is 24.0. The number of carbonyl (C=O) groups excluding carboxylic acids is 2. The molecule has 6 heteroatoms. The Morgan fingerprint density at radius 2 is 1.41 bits per heavy atom. The summed E-state index contributed by atoms with van der Waals surface area (Å²) >= 11 is 0. The van der Waals surface area contributed by atoms with Crippen molar-refractivity contribution in [3.63, 3.8) is 0 Å². The average molecular weight is 429 g/mol. The Bertz CT molecular complexity index is 1060. The molecule has 1 atom stereocenters. The van der Waals surface area contributed by atoms with E-state index in [-0.39, 0.29) is 18.0 Å². The molecule has 3 aromatic rings. The minimum absolute atomic E-state index is 0.0629. The molecule has 1 heterocycles. The summed E-state index contributed by atoms with van der Waals surface area (Å²) in [7, 11) is 0. The zero-order chi connectivity index (χ0) is 22.3. The maximum absolute atomic E-state index is 13.4. The topological polar surface area (TPSA) is 73.5 Å². The number of anilines is 3. The molecule has 1 saturated heterocycles. The third kappa shape index (κ3) is 5.34. The lowest BCUT2D eigenvalue weighted by atomic mass is 10.0. The van der Waals surface area contributed by atoms with Crippen LogP contribution in [0, 0.1) is 6.92 Å². The molecule has 1 fully saturated rings. The number of urea groups is 1. The highest BCUT2D eigenvalue weighted by Gasteiger charge is 2.29. The second-order valence-electron chi connectivity index (χ2n) is 8.02. The fourth-order valence-corrected chi connectivity index (χ4v) is 4.01. The Kier molecular flexibility index (Phi) is 6.82. The highest BCUT2D eigenvalue weighted by molar-refractivity contribution is 6.01. The second-order valence-corrected chi connectivity index (χ2v) is 8.02. The van der Waals surface area contributed by atoms with Crippen LogP contribution in [-0.2, 0) is 4.79 Å². The Labute approximate surface area is 188 Å². The molecule has 0 bridgehead atoms. The van der Waals surface area contributed by atoms with Crippen molar-refractivity contribution in [1.82, 2.24) is 4.90 Å². The minimum atomic E-state index is -0.337. The van der Waals surface area contributed by atoms with Gasteiger partial charge in [-0.25, -0.2) is 4.79 Å². The largest absolute Gasteiger partial charge is 0.324 e. The van der Waals surface area contributed by atoms with Crippen molar-refractivity contribution in [2.45, 2.75) is 25.8 Å². The van der Waals surface area contributed by atoms with Crippen molar-refractivity contribution < 1.29 is 9.59 Å². The van der Waals surface area contributed by atoms with Gasteiger partial charge in [-0.1, -0.05) is 54.6 Å². The molecule has 4 rings (SSSR count). The average Bonchev–Trinajstić information content (AvgIpc) is 3.32. The summed E-state index contributed by atoms with van der Waals surface area (Å²) in [5.41, 5.74) is 3.92. The number of hydrogen-bond acceptors (Lipinski definition) is 3. The highest BCUT2D eigenvalue weighted by Crippen LogP contribution is 2.28. The SMILES string of the molecule is Cc1ccc(NC(=O)Nc2ccccc2)cc1NC(=O)C(c1ccccc1)N1CCCC1. The van der Waals surface area contributed by atoms with Crippen LogP contribution in [0.15, 0.2) is 78.9 Å². The van der Waals surface area contributed by atoms with Crippen LogP contribution in [0.4, 0.5) is 21.9 Å². The van der Waals surface area contributed by atoms with Crippen LogP contribution in [0.25, 0.3) is 0 Å². The smallest absolute Gasteiger partial charge is 0.323 e. The van der Waals surface area contributed by atoms with Gasteiger partial charge in [0.05, 0.1) is 0 Å². The molecular formula is C26H28N4O2. The van der Waals surface area contributed by atoms with Crippen molar-refractivity contribution in [2.24, 2.45) is 0 Å². The molecule has 3 amide bonds. The Hall–Kier alpha value is -3.64. The number of hydrogen-bond donors (Lipinski definition) is 3. The number of amides is 3. The molecule has 0 aromatic heterocycles. The fraction of sp³-hybridized carbons (Fsp3) is 0.231. The number of aryl methyl sites for hydroxylation is 1. The van der Waals surface area contributed by atoms with Gasteiger partial charge in [0.15, 0.2) is 0 Å². The third-order valence-electron chi connectivity index (χ3n) is 5.65. The maximum atomic E-state index is 13.4. The Balaban J connectivity index is 1.49. The van der Waals surface area contributed by atoms with Gasteiger partial charge >= 0.3 is 6.03 Å². The van der Waals surface area contributed by atoms with Gasteiger partial charge in [-0.05, 0) is 68.2 Å². The zero-order valence-electron chi connectivity index (χ0n) is 18.2. The monoisotopic (exact) mass is 428 g/mol. The first kappa shape index (κ1) is 21.6. The molecule has 0 saturated carbocycles. The van der Waals surface area contributed by atoms with Gasteiger partial charge in [0.25, 0.3) is 0 Å². The highest BCUT2D eigenvalue weighted by atomic mass is 16.2. The molecule has 6 nitrogen and oxygen atoms in total. The predicted molar refractivity (Wildman–Crippen MR) is 129 cm³/mol. The van der Waals surface area contributed by atoms with E-state index in [1.54, 1.807) is 6.07 Å². The maximum Gasteiger partial charge on any atom is 0.323 e. The van der Waals surface area contributed by atoms with Crippen LogP contribution in [0.5, 0.6) is 0 Å². The van der Waals surface area contributed by atoms with Crippen molar-refractivity contribution >= 4 is 29.0 Å². The molecule has 3 aromatic carbocycles. The number of carbonyl (C=O) groups is 2. The minimum Gasteiger partial charge on any atom is -0.324 e. The summed E-state index contributed by atoms with van der Waals surface area (Å²) < 4.78 is 0. The Morgan fingerprint density at radius 1 is 0.781 bits per heavy atom. The standard InChI is InChI=1S/C26H28N4O2/c1-19-14-15-22(28-26(32)27-21-12-6-3-7-13-21)18-23(19)29-25(31)24(30-16-8-9-17-30)20-10-4-2-5-11-20/h2-7,10-15,18,24H,8-9,16-17H2,1H3,(H,29,31)(H2,27,28,32). The summed E-state index contributed by atoms with van der Waals surface area (Å²) in [6.07, 6.45) is 2.21.